The first-order valence-corrected chi connectivity index (χ1v) is 12.7. The van der Waals surface area contributed by atoms with Gasteiger partial charge in [-0.2, -0.15) is 0 Å². The predicted molar refractivity (Wildman–Crippen MR) is 140 cm³/mol. The third-order valence-electron chi connectivity index (χ3n) is 6.08. The van der Waals surface area contributed by atoms with E-state index in [1.807, 2.05) is 62.0 Å². The molecule has 0 amide bonds. The van der Waals surface area contributed by atoms with Crippen LogP contribution < -0.4 is 9.64 Å². The van der Waals surface area contributed by atoms with Crippen LogP contribution in [0.5, 0.6) is 5.88 Å². The standard InChI is InChI=1S/C28H34N6O2/c1-28(2,3)36-16-15-35-27-8-6-7-22(31-27)19-24-30-23(20-26(32-24)33-11-4-5-12-33)17-21-9-13-34-14-10-29-25(34)18-21/h6-10,13-14,18,20H,4-5,11-12,15-17,19H2,1-3H3. The number of hydrogen-bond donors (Lipinski definition) is 0. The molecule has 0 radical (unpaired) electrons. The first-order valence-electron chi connectivity index (χ1n) is 12.7. The number of nitrogens with zero attached hydrogens (tertiary/aromatic N) is 6. The molecule has 188 valence electrons. The number of pyridine rings is 2. The zero-order valence-electron chi connectivity index (χ0n) is 21.4. The molecule has 0 aromatic carbocycles. The summed E-state index contributed by atoms with van der Waals surface area (Å²) < 4.78 is 13.6. The molecule has 1 aliphatic heterocycles. The average Bonchev–Trinajstić information content (AvgIpc) is 3.53. The van der Waals surface area contributed by atoms with Crippen molar-refractivity contribution in [2.24, 2.45) is 0 Å². The lowest BCUT2D eigenvalue weighted by Gasteiger charge is -2.19. The van der Waals surface area contributed by atoms with Crippen LogP contribution in [0, 0.1) is 0 Å². The molecule has 0 atom stereocenters. The topological polar surface area (TPSA) is 77.7 Å². The fourth-order valence-corrected chi connectivity index (χ4v) is 4.38. The Hall–Kier alpha value is -3.52. The van der Waals surface area contributed by atoms with E-state index in [2.05, 4.69) is 33.1 Å². The van der Waals surface area contributed by atoms with E-state index >= 15 is 0 Å². The molecule has 5 rings (SSSR count). The number of rotatable bonds is 9. The maximum absolute atomic E-state index is 5.82. The van der Waals surface area contributed by atoms with Gasteiger partial charge in [0, 0.05) is 50.2 Å². The van der Waals surface area contributed by atoms with E-state index in [0.29, 0.717) is 25.5 Å². The van der Waals surface area contributed by atoms with Gasteiger partial charge in [-0.3, -0.25) is 0 Å². The molecule has 8 heteroatoms. The predicted octanol–water partition coefficient (Wildman–Crippen LogP) is 4.50. The maximum atomic E-state index is 5.82. The normalized spacial score (nSPS) is 14.0. The first-order chi connectivity index (χ1) is 17.4. The molecule has 1 aliphatic rings. The van der Waals surface area contributed by atoms with Crippen molar-refractivity contribution in [3.63, 3.8) is 0 Å². The molecular weight excluding hydrogens is 452 g/mol. The highest BCUT2D eigenvalue weighted by Crippen LogP contribution is 2.22. The molecule has 0 N–H and O–H groups in total. The lowest BCUT2D eigenvalue weighted by Crippen LogP contribution is -2.22. The Labute approximate surface area is 212 Å². The highest BCUT2D eigenvalue weighted by molar-refractivity contribution is 5.45. The van der Waals surface area contributed by atoms with E-state index < -0.39 is 0 Å². The van der Waals surface area contributed by atoms with Crippen LogP contribution in [0.3, 0.4) is 0 Å². The minimum Gasteiger partial charge on any atom is -0.475 e. The quantitative estimate of drug-likeness (QED) is 0.323. The summed E-state index contributed by atoms with van der Waals surface area (Å²) in [5.74, 6) is 2.37. The summed E-state index contributed by atoms with van der Waals surface area (Å²) >= 11 is 0. The fraction of sp³-hybridized carbons (Fsp3) is 0.429. The minimum atomic E-state index is -0.182. The molecule has 8 nitrogen and oxygen atoms in total. The van der Waals surface area contributed by atoms with Crippen LogP contribution in [0.15, 0.2) is 55.0 Å². The number of fused-ring (bicyclic) bond motifs is 1. The molecule has 0 unspecified atom stereocenters. The third-order valence-corrected chi connectivity index (χ3v) is 6.08. The van der Waals surface area contributed by atoms with Gasteiger partial charge in [0.2, 0.25) is 5.88 Å². The average molecular weight is 487 g/mol. The SMILES string of the molecule is CC(C)(C)OCCOc1cccc(Cc2nc(Cc3ccn4ccnc4c3)cc(N3CCCC3)n2)n1. The summed E-state index contributed by atoms with van der Waals surface area (Å²) in [4.78, 5) is 21.3. The molecule has 36 heavy (non-hydrogen) atoms. The largest absolute Gasteiger partial charge is 0.475 e. The minimum absolute atomic E-state index is 0.182. The van der Waals surface area contributed by atoms with Gasteiger partial charge in [-0.25, -0.2) is 19.9 Å². The second kappa shape index (κ2) is 10.6. The maximum Gasteiger partial charge on any atom is 0.213 e. The summed E-state index contributed by atoms with van der Waals surface area (Å²) in [5, 5.41) is 0. The van der Waals surface area contributed by atoms with E-state index in [0.717, 1.165) is 48.2 Å². The highest BCUT2D eigenvalue weighted by Gasteiger charge is 2.17. The summed E-state index contributed by atoms with van der Waals surface area (Å²) in [6.07, 6.45) is 9.48. The Morgan fingerprint density at radius 2 is 1.75 bits per heavy atom. The van der Waals surface area contributed by atoms with Gasteiger partial charge in [0.1, 0.15) is 23.9 Å². The molecule has 0 spiro atoms. The van der Waals surface area contributed by atoms with Crippen LogP contribution in [0.1, 0.15) is 56.4 Å². The van der Waals surface area contributed by atoms with Crippen LogP contribution in [0.2, 0.25) is 0 Å². The molecule has 1 fully saturated rings. The van der Waals surface area contributed by atoms with E-state index in [9.17, 15) is 0 Å². The molecule has 1 saturated heterocycles. The van der Waals surface area contributed by atoms with Crippen LogP contribution in [-0.2, 0) is 17.6 Å². The zero-order chi connectivity index (χ0) is 25.0. The van der Waals surface area contributed by atoms with Crippen molar-refractivity contribution in [3.8, 4) is 5.88 Å². The second-order valence-electron chi connectivity index (χ2n) is 10.2. The monoisotopic (exact) mass is 486 g/mol. The summed E-state index contributed by atoms with van der Waals surface area (Å²) in [6, 6.07) is 12.2. The van der Waals surface area contributed by atoms with Crippen molar-refractivity contribution < 1.29 is 9.47 Å². The molecule has 4 aromatic heterocycles. The van der Waals surface area contributed by atoms with Crippen LogP contribution in [0.4, 0.5) is 5.82 Å². The van der Waals surface area contributed by atoms with Gasteiger partial charge in [-0.1, -0.05) is 6.07 Å². The second-order valence-corrected chi connectivity index (χ2v) is 10.2. The van der Waals surface area contributed by atoms with Crippen LogP contribution in [-0.4, -0.2) is 56.2 Å². The third kappa shape index (κ3) is 6.37. The Bertz CT molecular complexity index is 1310. The Balaban J connectivity index is 1.33. The molecule has 0 bridgehead atoms. The Morgan fingerprint density at radius 1 is 0.889 bits per heavy atom. The van der Waals surface area contributed by atoms with Gasteiger partial charge >= 0.3 is 0 Å². The summed E-state index contributed by atoms with van der Waals surface area (Å²) in [5.41, 5.74) is 3.82. The van der Waals surface area contributed by atoms with E-state index in [1.165, 1.54) is 18.4 Å². The highest BCUT2D eigenvalue weighted by atomic mass is 16.5. The first kappa shape index (κ1) is 24.2. The summed E-state index contributed by atoms with van der Waals surface area (Å²) in [6.45, 7) is 9.15. The van der Waals surface area contributed by atoms with Crippen molar-refractivity contribution >= 4 is 11.5 Å². The van der Waals surface area contributed by atoms with Gasteiger partial charge in [0.15, 0.2) is 0 Å². The van der Waals surface area contributed by atoms with Crippen LogP contribution >= 0.6 is 0 Å². The number of ether oxygens (including phenoxy) is 2. The molecular formula is C28H34N6O2. The van der Waals surface area contributed by atoms with Crippen molar-refractivity contribution in [1.29, 1.82) is 0 Å². The molecule has 4 aromatic rings. The van der Waals surface area contributed by atoms with Gasteiger partial charge in [-0.15, -0.1) is 0 Å². The number of aromatic nitrogens is 5. The lowest BCUT2D eigenvalue weighted by atomic mass is 10.1. The molecule has 0 saturated carbocycles. The van der Waals surface area contributed by atoms with Gasteiger partial charge in [0.05, 0.1) is 30.0 Å². The van der Waals surface area contributed by atoms with E-state index in [1.54, 1.807) is 0 Å². The number of anilines is 1. The fourth-order valence-electron chi connectivity index (χ4n) is 4.38. The van der Waals surface area contributed by atoms with Crippen molar-refractivity contribution in [1.82, 2.24) is 24.3 Å². The van der Waals surface area contributed by atoms with Crippen molar-refractivity contribution in [3.05, 3.63) is 77.8 Å². The Kier molecular flexibility index (Phi) is 7.13. The molecule has 0 aliphatic carbocycles. The van der Waals surface area contributed by atoms with Gasteiger partial charge in [0.25, 0.3) is 0 Å². The summed E-state index contributed by atoms with van der Waals surface area (Å²) in [7, 11) is 0. The van der Waals surface area contributed by atoms with Crippen LogP contribution in [0.25, 0.3) is 5.65 Å². The van der Waals surface area contributed by atoms with Crippen molar-refractivity contribution in [2.45, 2.75) is 52.1 Å². The van der Waals surface area contributed by atoms with E-state index in [4.69, 9.17) is 19.4 Å². The van der Waals surface area contributed by atoms with Gasteiger partial charge in [-0.05, 0) is 57.4 Å². The van der Waals surface area contributed by atoms with Gasteiger partial charge < -0.3 is 18.8 Å². The molecule has 5 heterocycles. The smallest absolute Gasteiger partial charge is 0.213 e. The van der Waals surface area contributed by atoms with E-state index in [-0.39, 0.29) is 5.60 Å². The zero-order valence-corrected chi connectivity index (χ0v) is 21.4. The lowest BCUT2D eigenvalue weighted by molar-refractivity contribution is -0.0168. The number of imidazole rings is 1. The Morgan fingerprint density at radius 3 is 2.58 bits per heavy atom. The van der Waals surface area contributed by atoms with Crippen molar-refractivity contribution in [2.75, 3.05) is 31.2 Å². The number of hydrogen-bond acceptors (Lipinski definition) is 7.